The van der Waals surface area contributed by atoms with Gasteiger partial charge in [-0.1, -0.05) is 0 Å². The van der Waals surface area contributed by atoms with Crippen LogP contribution in [0.15, 0.2) is 30.3 Å². The minimum atomic E-state index is -0.672. The molecule has 0 saturated heterocycles. The third-order valence-electron chi connectivity index (χ3n) is 4.02. The monoisotopic (exact) mass is 388 g/mol. The van der Waals surface area contributed by atoms with E-state index in [2.05, 4.69) is 0 Å². The van der Waals surface area contributed by atoms with Crippen molar-refractivity contribution in [2.45, 2.75) is 53.8 Å². The van der Waals surface area contributed by atoms with Crippen LogP contribution in [0.4, 0.5) is 0 Å². The zero-order valence-corrected chi connectivity index (χ0v) is 17.3. The smallest absolute Gasteiger partial charge is 0.253 e. The van der Waals surface area contributed by atoms with Gasteiger partial charge in [0.15, 0.2) is 5.78 Å². The molecule has 0 unspecified atom stereocenters. The molecule has 0 fully saturated rings. The predicted molar refractivity (Wildman–Crippen MR) is 108 cm³/mol. The molecule has 144 valence electrons. The molecule has 2 aromatic rings. The van der Waals surface area contributed by atoms with Crippen LogP contribution in [-0.2, 0) is 0 Å². The van der Waals surface area contributed by atoms with Crippen LogP contribution < -0.4 is 9.47 Å². The second-order valence-corrected chi connectivity index (χ2v) is 7.37. The Bertz CT molecular complexity index is 869. The predicted octanol–water partition coefficient (Wildman–Crippen LogP) is 5.49. The van der Waals surface area contributed by atoms with Crippen molar-refractivity contribution in [1.29, 1.82) is 0 Å². The Balaban J connectivity index is 2.54. The Morgan fingerprint density at radius 1 is 0.889 bits per heavy atom. The molecule has 5 heteroatoms. The van der Waals surface area contributed by atoms with Crippen molar-refractivity contribution in [2.75, 3.05) is 0 Å². The molecular formula is C22H25ClO4. The van der Waals surface area contributed by atoms with Crippen molar-refractivity contribution >= 4 is 22.6 Å². The highest BCUT2D eigenvalue weighted by Crippen LogP contribution is 2.30. The highest BCUT2D eigenvalue weighted by molar-refractivity contribution is 6.68. The van der Waals surface area contributed by atoms with Crippen LogP contribution in [0.25, 0.3) is 0 Å². The number of aryl methyl sites for hydroxylation is 1. The van der Waals surface area contributed by atoms with Gasteiger partial charge in [-0.05, 0) is 89.0 Å². The number of rotatable bonds is 7. The molecule has 0 aliphatic rings. The molecule has 0 bridgehead atoms. The Kier molecular flexibility index (Phi) is 6.66. The average Bonchev–Trinajstić information content (AvgIpc) is 2.56. The van der Waals surface area contributed by atoms with Crippen molar-refractivity contribution < 1.29 is 19.1 Å². The van der Waals surface area contributed by atoms with E-state index in [0.29, 0.717) is 16.9 Å². The lowest BCUT2D eigenvalue weighted by Crippen LogP contribution is -2.14. The topological polar surface area (TPSA) is 52.6 Å². The summed E-state index contributed by atoms with van der Waals surface area (Å²) in [6, 6.07) is 8.44. The SMILES string of the molecule is Cc1cc(C(=O)c2c(C(=O)Cl)ccc(OC(C)C)c2C)ccc1OC(C)C. The summed E-state index contributed by atoms with van der Waals surface area (Å²) < 4.78 is 11.5. The maximum absolute atomic E-state index is 13.2. The summed E-state index contributed by atoms with van der Waals surface area (Å²) >= 11 is 5.73. The lowest BCUT2D eigenvalue weighted by molar-refractivity contribution is 0.102. The van der Waals surface area contributed by atoms with Gasteiger partial charge in [0.1, 0.15) is 11.5 Å². The molecule has 0 N–H and O–H groups in total. The van der Waals surface area contributed by atoms with E-state index in [1.807, 2.05) is 34.6 Å². The molecule has 0 aromatic heterocycles. The molecule has 0 radical (unpaired) electrons. The van der Waals surface area contributed by atoms with Gasteiger partial charge in [-0.25, -0.2) is 0 Å². The zero-order chi connectivity index (χ0) is 20.3. The van der Waals surface area contributed by atoms with Gasteiger partial charge in [0.05, 0.1) is 12.2 Å². The Morgan fingerprint density at radius 2 is 1.44 bits per heavy atom. The van der Waals surface area contributed by atoms with Gasteiger partial charge in [0.25, 0.3) is 5.24 Å². The van der Waals surface area contributed by atoms with Crippen LogP contribution in [0, 0.1) is 13.8 Å². The normalized spacial score (nSPS) is 11.0. The standard InChI is InChI=1S/C22H25ClO4/c1-12(2)26-18-9-7-16(11-14(18)5)21(24)20-15(6)19(27-13(3)4)10-8-17(20)22(23)25/h7-13H,1-6H3. The first-order valence-corrected chi connectivity index (χ1v) is 9.31. The van der Waals surface area contributed by atoms with E-state index >= 15 is 0 Å². The lowest BCUT2D eigenvalue weighted by atomic mass is 9.93. The average molecular weight is 389 g/mol. The fourth-order valence-electron chi connectivity index (χ4n) is 2.85. The lowest BCUT2D eigenvalue weighted by Gasteiger charge is -2.17. The van der Waals surface area contributed by atoms with Crippen LogP contribution in [0.3, 0.4) is 0 Å². The number of ether oxygens (including phenoxy) is 2. The molecular weight excluding hydrogens is 364 g/mol. The fourth-order valence-corrected chi connectivity index (χ4v) is 3.01. The second kappa shape index (κ2) is 8.57. The number of ketones is 1. The summed E-state index contributed by atoms with van der Waals surface area (Å²) in [4.78, 5) is 25.1. The minimum absolute atomic E-state index is 0.0397. The molecule has 27 heavy (non-hydrogen) atoms. The molecule has 4 nitrogen and oxygen atoms in total. The van der Waals surface area contributed by atoms with E-state index in [9.17, 15) is 9.59 Å². The van der Waals surface area contributed by atoms with Gasteiger partial charge in [-0.3, -0.25) is 9.59 Å². The van der Waals surface area contributed by atoms with Crippen LogP contribution >= 0.6 is 11.6 Å². The summed E-state index contributed by atoms with van der Waals surface area (Å²) in [6.07, 6.45) is -0.0169. The molecule has 2 aromatic carbocycles. The summed E-state index contributed by atoms with van der Waals surface area (Å²) in [5.41, 5.74) is 2.36. The number of carbonyl (C=O) groups is 2. The Hall–Kier alpha value is -2.33. The van der Waals surface area contributed by atoms with Crippen molar-refractivity contribution in [1.82, 2.24) is 0 Å². The minimum Gasteiger partial charge on any atom is -0.491 e. The second-order valence-electron chi connectivity index (χ2n) is 7.03. The Morgan fingerprint density at radius 3 is 1.96 bits per heavy atom. The largest absolute Gasteiger partial charge is 0.491 e. The first-order chi connectivity index (χ1) is 12.6. The van der Waals surface area contributed by atoms with Gasteiger partial charge in [0, 0.05) is 22.3 Å². The molecule has 0 aliphatic carbocycles. The maximum atomic E-state index is 13.2. The van der Waals surface area contributed by atoms with Crippen molar-refractivity contribution in [3.05, 3.63) is 58.1 Å². The van der Waals surface area contributed by atoms with Crippen molar-refractivity contribution in [3.8, 4) is 11.5 Å². The third kappa shape index (κ3) is 4.89. The quantitative estimate of drug-likeness (QED) is 0.465. The first-order valence-electron chi connectivity index (χ1n) is 8.94. The summed E-state index contributed by atoms with van der Waals surface area (Å²) in [7, 11) is 0. The highest BCUT2D eigenvalue weighted by Gasteiger charge is 2.23. The van der Waals surface area contributed by atoms with Gasteiger partial charge in [-0.15, -0.1) is 0 Å². The number of halogens is 1. The van der Waals surface area contributed by atoms with Crippen molar-refractivity contribution in [3.63, 3.8) is 0 Å². The molecule has 2 rings (SSSR count). The van der Waals surface area contributed by atoms with Gasteiger partial charge >= 0.3 is 0 Å². The molecule has 0 aliphatic heterocycles. The van der Waals surface area contributed by atoms with Gasteiger partial charge in [-0.2, -0.15) is 0 Å². The molecule has 0 atom stereocenters. The van der Waals surface area contributed by atoms with Gasteiger partial charge < -0.3 is 9.47 Å². The number of benzene rings is 2. The molecule has 0 heterocycles. The number of carbonyl (C=O) groups excluding carboxylic acids is 2. The molecule has 0 saturated carbocycles. The van der Waals surface area contributed by atoms with Crippen LogP contribution in [0.5, 0.6) is 11.5 Å². The van der Waals surface area contributed by atoms with E-state index in [0.717, 1.165) is 11.3 Å². The van der Waals surface area contributed by atoms with E-state index in [4.69, 9.17) is 21.1 Å². The first kappa shape index (κ1) is 21.0. The van der Waals surface area contributed by atoms with E-state index in [1.54, 1.807) is 31.2 Å². The Labute approximate surface area is 165 Å². The third-order valence-corrected chi connectivity index (χ3v) is 4.22. The maximum Gasteiger partial charge on any atom is 0.253 e. The van der Waals surface area contributed by atoms with E-state index in [1.165, 1.54) is 6.07 Å². The van der Waals surface area contributed by atoms with Crippen molar-refractivity contribution in [2.24, 2.45) is 0 Å². The summed E-state index contributed by atoms with van der Waals surface area (Å²) in [5, 5.41) is -0.672. The van der Waals surface area contributed by atoms with Gasteiger partial charge in [0.2, 0.25) is 0 Å². The number of hydrogen-bond acceptors (Lipinski definition) is 4. The molecule has 0 spiro atoms. The van der Waals surface area contributed by atoms with Crippen LogP contribution in [0.2, 0.25) is 0 Å². The van der Waals surface area contributed by atoms with Crippen LogP contribution in [-0.4, -0.2) is 23.2 Å². The summed E-state index contributed by atoms with van der Waals surface area (Å²) in [6.45, 7) is 11.3. The molecule has 0 amide bonds. The zero-order valence-electron chi connectivity index (χ0n) is 16.6. The van der Waals surface area contributed by atoms with E-state index < -0.39 is 5.24 Å². The highest BCUT2D eigenvalue weighted by atomic mass is 35.5. The van der Waals surface area contributed by atoms with Crippen LogP contribution in [0.1, 0.15) is 65.1 Å². The fraction of sp³-hybridized carbons (Fsp3) is 0.364. The number of hydrogen-bond donors (Lipinski definition) is 0. The van der Waals surface area contributed by atoms with E-state index in [-0.39, 0.29) is 29.1 Å². The summed E-state index contributed by atoms with van der Waals surface area (Å²) in [5.74, 6) is 1.01.